The Kier molecular flexibility index (Phi) is 6.01. The lowest BCUT2D eigenvalue weighted by atomic mass is 9.86. The van der Waals surface area contributed by atoms with Gasteiger partial charge < -0.3 is 10.2 Å². The Morgan fingerprint density at radius 1 is 1.17 bits per heavy atom. The fraction of sp³-hybridized carbons (Fsp3) is 0.632. The van der Waals surface area contributed by atoms with Crippen LogP contribution in [0.1, 0.15) is 32.6 Å². The molecule has 2 unspecified atom stereocenters. The lowest BCUT2D eigenvalue weighted by Crippen LogP contribution is -2.51. The van der Waals surface area contributed by atoms with Crippen LogP contribution in [0.25, 0.3) is 0 Å². The number of hydrogen-bond acceptors (Lipinski definition) is 3. The maximum atomic E-state index is 12.3. The van der Waals surface area contributed by atoms with Crippen LogP contribution in [0.15, 0.2) is 24.3 Å². The predicted octanol–water partition coefficient (Wildman–Crippen LogP) is 3.16. The zero-order chi connectivity index (χ0) is 16.9. The third-order valence-electron chi connectivity index (χ3n) is 5.39. The van der Waals surface area contributed by atoms with E-state index in [-0.39, 0.29) is 5.91 Å². The maximum Gasteiger partial charge on any atom is 0.234 e. The Balaban J connectivity index is 1.45. The first-order valence-electron chi connectivity index (χ1n) is 9.14. The zero-order valence-electron chi connectivity index (χ0n) is 14.5. The number of para-hydroxylation sites is 1. The van der Waals surface area contributed by atoms with Gasteiger partial charge in [0.1, 0.15) is 0 Å². The Labute approximate surface area is 150 Å². The van der Waals surface area contributed by atoms with Gasteiger partial charge in [0, 0.05) is 32.2 Å². The number of benzene rings is 1. The summed E-state index contributed by atoms with van der Waals surface area (Å²) in [6.45, 7) is 6.40. The third kappa shape index (κ3) is 4.42. The molecular formula is C19H28ClN3O. The largest absolute Gasteiger partial charge is 0.368 e. The third-order valence-corrected chi connectivity index (χ3v) is 5.71. The first kappa shape index (κ1) is 17.6. The summed E-state index contributed by atoms with van der Waals surface area (Å²) in [4.78, 5) is 16.9. The molecule has 1 aromatic rings. The van der Waals surface area contributed by atoms with Crippen LogP contribution in [0.3, 0.4) is 0 Å². The summed E-state index contributed by atoms with van der Waals surface area (Å²) < 4.78 is 0. The molecule has 2 aliphatic rings. The van der Waals surface area contributed by atoms with Crippen molar-refractivity contribution in [3.8, 4) is 0 Å². The van der Waals surface area contributed by atoms with Crippen molar-refractivity contribution < 1.29 is 4.79 Å². The minimum atomic E-state index is 0.181. The van der Waals surface area contributed by atoms with Crippen LogP contribution in [-0.4, -0.2) is 49.6 Å². The van der Waals surface area contributed by atoms with E-state index in [1.807, 2.05) is 18.2 Å². The second-order valence-electron chi connectivity index (χ2n) is 7.15. The summed E-state index contributed by atoms with van der Waals surface area (Å²) in [5.41, 5.74) is 1.10. The number of rotatable bonds is 4. The monoisotopic (exact) mass is 349 g/mol. The standard InChI is InChI=1S/C19H28ClN3O/c1-15-6-2-4-8-17(15)21-19(24)14-22-10-12-23(13-11-22)18-9-5-3-7-16(18)20/h3,5,7,9,15,17H,2,4,6,8,10-14H2,1H3,(H,21,24). The van der Waals surface area contributed by atoms with Crippen LogP contribution in [0, 0.1) is 5.92 Å². The van der Waals surface area contributed by atoms with Crippen molar-refractivity contribution >= 4 is 23.2 Å². The van der Waals surface area contributed by atoms with Crippen LogP contribution < -0.4 is 10.2 Å². The molecule has 5 heteroatoms. The van der Waals surface area contributed by atoms with Crippen molar-refractivity contribution in [2.24, 2.45) is 5.92 Å². The highest BCUT2D eigenvalue weighted by atomic mass is 35.5. The quantitative estimate of drug-likeness (QED) is 0.907. The van der Waals surface area contributed by atoms with Crippen molar-refractivity contribution in [1.82, 2.24) is 10.2 Å². The molecule has 2 atom stereocenters. The fourth-order valence-electron chi connectivity index (χ4n) is 3.84. The summed E-state index contributed by atoms with van der Waals surface area (Å²) in [6.07, 6.45) is 4.91. The average molecular weight is 350 g/mol. The van der Waals surface area contributed by atoms with Crippen molar-refractivity contribution in [3.63, 3.8) is 0 Å². The van der Waals surface area contributed by atoms with Gasteiger partial charge in [0.15, 0.2) is 0 Å². The SMILES string of the molecule is CC1CCCCC1NC(=O)CN1CCN(c2ccccc2Cl)CC1. The molecular weight excluding hydrogens is 322 g/mol. The fourth-order valence-corrected chi connectivity index (χ4v) is 4.10. The summed E-state index contributed by atoms with van der Waals surface area (Å²) in [5.74, 6) is 0.791. The zero-order valence-corrected chi connectivity index (χ0v) is 15.3. The average Bonchev–Trinajstić information content (AvgIpc) is 2.58. The maximum absolute atomic E-state index is 12.3. The molecule has 24 heavy (non-hydrogen) atoms. The Hall–Kier alpha value is -1.26. The minimum Gasteiger partial charge on any atom is -0.368 e. The Morgan fingerprint density at radius 3 is 2.58 bits per heavy atom. The Bertz CT molecular complexity index is 557. The first-order valence-corrected chi connectivity index (χ1v) is 9.52. The van der Waals surface area contributed by atoms with Gasteiger partial charge >= 0.3 is 0 Å². The van der Waals surface area contributed by atoms with E-state index in [1.165, 1.54) is 19.3 Å². The molecule has 4 nitrogen and oxygen atoms in total. The summed E-state index contributed by atoms with van der Waals surface area (Å²) in [5, 5.41) is 4.05. The lowest BCUT2D eigenvalue weighted by molar-refractivity contribution is -0.123. The summed E-state index contributed by atoms with van der Waals surface area (Å²) in [7, 11) is 0. The van der Waals surface area contributed by atoms with Gasteiger partial charge in [-0.15, -0.1) is 0 Å². The van der Waals surface area contributed by atoms with E-state index >= 15 is 0 Å². The molecule has 0 spiro atoms. The first-order chi connectivity index (χ1) is 11.6. The van der Waals surface area contributed by atoms with Gasteiger partial charge in [0.2, 0.25) is 5.91 Å². The van der Waals surface area contributed by atoms with E-state index in [0.29, 0.717) is 18.5 Å². The number of piperazine rings is 1. The topological polar surface area (TPSA) is 35.6 Å². The number of amides is 1. The van der Waals surface area contributed by atoms with Gasteiger partial charge in [-0.25, -0.2) is 0 Å². The molecule has 1 saturated heterocycles. The van der Waals surface area contributed by atoms with E-state index in [9.17, 15) is 4.79 Å². The Morgan fingerprint density at radius 2 is 1.88 bits per heavy atom. The van der Waals surface area contributed by atoms with E-state index in [2.05, 4.69) is 28.1 Å². The van der Waals surface area contributed by atoms with Crippen LogP contribution in [0.5, 0.6) is 0 Å². The molecule has 1 N–H and O–H groups in total. The molecule has 1 saturated carbocycles. The molecule has 132 valence electrons. The number of anilines is 1. The predicted molar refractivity (Wildman–Crippen MR) is 99.7 cm³/mol. The molecule has 0 radical (unpaired) electrons. The highest BCUT2D eigenvalue weighted by molar-refractivity contribution is 6.33. The van der Waals surface area contributed by atoms with Crippen LogP contribution >= 0.6 is 11.6 Å². The smallest absolute Gasteiger partial charge is 0.234 e. The molecule has 0 aromatic heterocycles. The second kappa shape index (κ2) is 8.21. The minimum absolute atomic E-state index is 0.181. The number of carbonyl (C=O) groups excluding carboxylic acids is 1. The molecule has 2 fully saturated rings. The van der Waals surface area contributed by atoms with Gasteiger partial charge in [-0.05, 0) is 30.9 Å². The van der Waals surface area contributed by atoms with Crippen LogP contribution in [0.4, 0.5) is 5.69 Å². The van der Waals surface area contributed by atoms with Gasteiger partial charge in [-0.2, -0.15) is 0 Å². The molecule has 1 aliphatic heterocycles. The van der Waals surface area contributed by atoms with E-state index in [4.69, 9.17) is 11.6 Å². The number of nitrogens with zero attached hydrogens (tertiary/aromatic N) is 2. The number of carbonyl (C=O) groups is 1. The van der Waals surface area contributed by atoms with Gasteiger partial charge in [-0.3, -0.25) is 9.69 Å². The summed E-state index contributed by atoms with van der Waals surface area (Å²) in [6, 6.07) is 8.35. The normalized spacial score (nSPS) is 25.5. The molecule has 1 heterocycles. The van der Waals surface area contributed by atoms with E-state index in [0.717, 1.165) is 43.3 Å². The van der Waals surface area contributed by atoms with Crippen molar-refractivity contribution in [3.05, 3.63) is 29.3 Å². The second-order valence-corrected chi connectivity index (χ2v) is 7.56. The molecule has 1 amide bonds. The highest BCUT2D eigenvalue weighted by Crippen LogP contribution is 2.26. The highest BCUT2D eigenvalue weighted by Gasteiger charge is 2.25. The lowest BCUT2D eigenvalue weighted by Gasteiger charge is -2.36. The van der Waals surface area contributed by atoms with Crippen molar-refractivity contribution in [1.29, 1.82) is 0 Å². The summed E-state index contributed by atoms with van der Waals surface area (Å²) >= 11 is 6.28. The van der Waals surface area contributed by atoms with Crippen LogP contribution in [0.2, 0.25) is 5.02 Å². The van der Waals surface area contributed by atoms with Gasteiger partial charge in [0.05, 0.1) is 17.3 Å². The van der Waals surface area contributed by atoms with E-state index < -0.39 is 0 Å². The van der Waals surface area contributed by atoms with Gasteiger partial charge in [-0.1, -0.05) is 43.5 Å². The molecule has 3 rings (SSSR count). The number of nitrogens with one attached hydrogen (secondary N) is 1. The number of hydrogen-bond donors (Lipinski definition) is 1. The van der Waals surface area contributed by atoms with Crippen molar-refractivity contribution in [2.75, 3.05) is 37.6 Å². The molecule has 1 aliphatic carbocycles. The van der Waals surface area contributed by atoms with Crippen molar-refractivity contribution in [2.45, 2.75) is 38.6 Å². The number of halogens is 1. The van der Waals surface area contributed by atoms with E-state index in [1.54, 1.807) is 0 Å². The van der Waals surface area contributed by atoms with Gasteiger partial charge in [0.25, 0.3) is 0 Å². The molecule has 1 aromatic carbocycles. The molecule has 0 bridgehead atoms. The van der Waals surface area contributed by atoms with Crippen LogP contribution in [-0.2, 0) is 4.79 Å².